The average Bonchev–Trinajstić information content (AvgIpc) is 3.26. The summed E-state index contributed by atoms with van der Waals surface area (Å²) in [6.07, 6.45) is 10.5. The molecule has 1 saturated heterocycles. The summed E-state index contributed by atoms with van der Waals surface area (Å²) in [7, 11) is 3.95. The number of carbonyl (C=O) groups excluding carboxylic acids is 1. The van der Waals surface area contributed by atoms with Gasteiger partial charge in [0.2, 0.25) is 5.91 Å². The van der Waals surface area contributed by atoms with Crippen LogP contribution in [0, 0.1) is 0 Å². The summed E-state index contributed by atoms with van der Waals surface area (Å²) in [4.78, 5) is 29.6. The number of carbonyl (C=O) groups is 1. The van der Waals surface area contributed by atoms with Crippen LogP contribution in [0.3, 0.4) is 0 Å². The summed E-state index contributed by atoms with van der Waals surface area (Å²) in [5, 5.41) is 5.89. The molecule has 0 radical (unpaired) electrons. The fourth-order valence-electron chi connectivity index (χ4n) is 2.85. The molecule has 1 amide bonds. The van der Waals surface area contributed by atoms with E-state index in [2.05, 4.69) is 20.3 Å². The lowest BCUT2D eigenvalue weighted by Crippen LogP contribution is -2.30. The van der Waals surface area contributed by atoms with Gasteiger partial charge in [0, 0.05) is 43.1 Å². The molecule has 1 aliphatic heterocycles. The van der Waals surface area contributed by atoms with E-state index in [1.165, 1.54) is 11.3 Å². The molecule has 2 aromatic rings. The smallest absolute Gasteiger partial charge is 0.246 e. The zero-order valence-electron chi connectivity index (χ0n) is 14.4. The monoisotopic (exact) mass is 358 g/mol. The van der Waals surface area contributed by atoms with E-state index in [9.17, 15) is 4.79 Å². The molecule has 1 aliphatic rings. The first kappa shape index (κ1) is 17.5. The number of nitrogens with zero attached hydrogens (tertiary/aromatic N) is 5. The van der Waals surface area contributed by atoms with Crippen molar-refractivity contribution in [2.45, 2.75) is 18.9 Å². The maximum atomic E-state index is 12.6. The Balaban J connectivity index is 1.78. The first-order valence-electron chi connectivity index (χ1n) is 8.24. The number of rotatable bonds is 6. The maximum absolute atomic E-state index is 12.6. The van der Waals surface area contributed by atoms with Gasteiger partial charge in [-0.2, -0.15) is 0 Å². The normalized spacial score (nSPS) is 17.6. The minimum atomic E-state index is -0.0623. The van der Waals surface area contributed by atoms with E-state index < -0.39 is 0 Å². The van der Waals surface area contributed by atoms with Crippen molar-refractivity contribution in [2.24, 2.45) is 0 Å². The van der Waals surface area contributed by atoms with Crippen LogP contribution in [-0.4, -0.2) is 57.8 Å². The molecule has 8 heteroatoms. The summed E-state index contributed by atoms with van der Waals surface area (Å²) in [5.41, 5.74) is 0.796. The minimum Gasteiger partial charge on any atom is -0.330 e. The Morgan fingerprint density at radius 2 is 2.20 bits per heavy atom. The van der Waals surface area contributed by atoms with Crippen molar-refractivity contribution in [1.82, 2.24) is 24.8 Å². The highest BCUT2D eigenvalue weighted by atomic mass is 32.1. The predicted octanol–water partition coefficient (Wildman–Crippen LogP) is 2.46. The highest BCUT2D eigenvalue weighted by Gasteiger charge is 2.32. The Morgan fingerprint density at radius 3 is 2.96 bits per heavy atom. The van der Waals surface area contributed by atoms with Crippen molar-refractivity contribution < 1.29 is 4.79 Å². The highest BCUT2D eigenvalue weighted by molar-refractivity contribution is 7.13. The van der Waals surface area contributed by atoms with E-state index in [0.29, 0.717) is 5.82 Å². The van der Waals surface area contributed by atoms with Gasteiger partial charge in [-0.25, -0.2) is 9.97 Å². The van der Waals surface area contributed by atoms with Crippen LogP contribution in [0.1, 0.15) is 24.6 Å². The molecule has 2 aromatic heterocycles. The Labute approximate surface area is 151 Å². The number of hydrogen-bond acceptors (Lipinski definition) is 7. The summed E-state index contributed by atoms with van der Waals surface area (Å²) < 4.78 is 0. The van der Waals surface area contributed by atoms with Gasteiger partial charge in [0.15, 0.2) is 10.9 Å². The Morgan fingerprint density at radius 1 is 1.36 bits per heavy atom. The van der Waals surface area contributed by atoms with Crippen LogP contribution in [0.2, 0.25) is 0 Å². The molecular weight excluding hydrogens is 336 g/mol. The van der Waals surface area contributed by atoms with E-state index in [-0.39, 0.29) is 11.9 Å². The molecule has 132 valence electrons. The number of aromatic nitrogens is 3. The average molecular weight is 358 g/mol. The lowest BCUT2D eigenvalue weighted by molar-refractivity contribution is -0.127. The third-order valence-electron chi connectivity index (χ3n) is 3.97. The number of hydrogen-bond donors (Lipinski definition) is 1. The van der Waals surface area contributed by atoms with Crippen molar-refractivity contribution >= 4 is 28.2 Å². The molecule has 0 spiro atoms. The van der Waals surface area contributed by atoms with Gasteiger partial charge in [-0.1, -0.05) is 6.08 Å². The maximum Gasteiger partial charge on any atom is 0.246 e. The number of amides is 1. The van der Waals surface area contributed by atoms with Gasteiger partial charge >= 0.3 is 0 Å². The molecule has 0 aliphatic carbocycles. The minimum absolute atomic E-state index is 0.0233. The molecule has 1 fully saturated rings. The summed E-state index contributed by atoms with van der Waals surface area (Å²) in [5.74, 6) is 0.689. The Bertz CT molecular complexity index is 730. The van der Waals surface area contributed by atoms with E-state index >= 15 is 0 Å². The number of nitrogens with one attached hydrogen (secondary N) is 1. The summed E-state index contributed by atoms with van der Waals surface area (Å²) >= 11 is 1.50. The van der Waals surface area contributed by atoms with Crippen LogP contribution in [0.25, 0.3) is 0 Å². The van der Waals surface area contributed by atoms with Gasteiger partial charge in [-0.3, -0.25) is 9.78 Å². The van der Waals surface area contributed by atoms with Gasteiger partial charge < -0.3 is 15.1 Å². The van der Waals surface area contributed by atoms with Crippen molar-refractivity contribution in [3.05, 3.63) is 41.8 Å². The van der Waals surface area contributed by atoms with E-state index in [1.54, 1.807) is 24.7 Å². The molecule has 1 N–H and O–H groups in total. The van der Waals surface area contributed by atoms with Crippen molar-refractivity contribution in [3.8, 4) is 0 Å². The SMILES string of the molecule is CN(C)C/C=C/C(=O)N1CCC[C@H]1c1nccnc1Nc1nccs1. The number of anilines is 2. The van der Waals surface area contributed by atoms with Crippen molar-refractivity contribution in [1.29, 1.82) is 0 Å². The highest BCUT2D eigenvalue weighted by Crippen LogP contribution is 2.34. The zero-order valence-corrected chi connectivity index (χ0v) is 15.2. The lowest BCUT2D eigenvalue weighted by Gasteiger charge is -2.24. The van der Waals surface area contributed by atoms with Crippen LogP contribution < -0.4 is 5.32 Å². The number of likely N-dealkylation sites (N-methyl/N-ethyl adjacent to an activating group) is 1. The molecule has 0 saturated carbocycles. The van der Waals surface area contributed by atoms with Crippen LogP contribution in [0.5, 0.6) is 0 Å². The molecule has 0 unspecified atom stereocenters. The molecule has 3 rings (SSSR count). The van der Waals surface area contributed by atoms with Crippen LogP contribution in [0.15, 0.2) is 36.1 Å². The van der Waals surface area contributed by atoms with Gasteiger partial charge in [-0.15, -0.1) is 11.3 Å². The largest absolute Gasteiger partial charge is 0.330 e. The fourth-order valence-corrected chi connectivity index (χ4v) is 3.38. The topological polar surface area (TPSA) is 74.2 Å². The second-order valence-corrected chi connectivity index (χ2v) is 7.00. The van der Waals surface area contributed by atoms with Crippen molar-refractivity contribution in [2.75, 3.05) is 32.5 Å². The van der Waals surface area contributed by atoms with Gasteiger partial charge in [0.05, 0.1) is 6.04 Å². The predicted molar refractivity (Wildman–Crippen MR) is 98.8 cm³/mol. The van der Waals surface area contributed by atoms with E-state index in [0.717, 1.165) is 36.8 Å². The van der Waals surface area contributed by atoms with Crippen LogP contribution in [0.4, 0.5) is 10.9 Å². The molecule has 7 nitrogen and oxygen atoms in total. The van der Waals surface area contributed by atoms with Gasteiger partial charge in [0.1, 0.15) is 5.69 Å². The molecule has 3 heterocycles. The lowest BCUT2D eigenvalue weighted by atomic mass is 10.1. The van der Waals surface area contributed by atoms with Gasteiger partial charge in [-0.05, 0) is 26.9 Å². The summed E-state index contributed by atoms with van der Waals surface area (Å²) in [6.45, 7) is 1.48. The van der Waals surface area contributed by atoms with Crippen molar-refractivity contribution in [3.63, 3.8) is 0 Å². The molecular formula is C17H22N6OS. The van der Waals surface area contributed by atoms with E-state index in [1.807, 2.05) is 35.4 Å². The van der Waals surface area contributed by atoms with E-state index in [4.69, 9.17) is 0 Å². The molecule has 0 bridgehead atoms. The summed E-state index contributed by atoms with van der Waals surface area (Å²) in [6, 6.07) is -0.0623. The standard InChI is InChI=1S/C17H22N6OS/c1-22(2)10-4-6-14(24)23-11-3-5-13(23)15-16(19-8-7-18-15)21-17-20-9-12-25-17/h4,6-9,12-13H,3,5,10-11H2,1-2H3,(H,19,20,21)/b6-4+/t13-/m0/s1. The zero-order chi connectivity index (χ0) is 17.6. The first-order valence-corrected chi connectivity index (χ1v) is 9.12. The number of likely N-dealkylation sites (tertiary alicyclic amines) is 1. The molecule has 1 atom stereocenters. The molecule has 0 aromatic carbocycles. The quantitative estimate of drug-likeness (QED) is 0.800. The Hall–Kier alpha value is -2.32. The van der Waals surface area contributed by atoms with Crippen LogP contribution >= 0.6 is 11.3 Å². The first-order chi connectivity index (χ1) is 12.1. The van der Waals surface area contributed by atoms with Crippen LogP contribution in [-0.2, 0) is 4.79 Å². The third-order valence-corrected chi connectivity index (χ3v) is 4.66. The fraction of sp³-hybridized carbons (Fsp3) is 0.412. The second kappa shape index (κ2) is 8.17. The number of thiazole rings is 1. The molecule has 25 heavy (non-hydrogen) atoms. The third kappa shape index (κ3) is 4.40. The Kier molecular flexibility index (Phi) is 5.72. The van der Waals surface area contributed by atoms with Gasteiger partial charge in [0.25, 0.3) is 0 Å². The second-order valence-electron chi connectivity index (χ2n) is 6.11.